The number of fused-ring (bicyclic) bond motifs is 1. The molecule has 7 nitrogen and oxygen atoms in total. The summed E-state index contributed by atoms with van der Waals surface area (Å²) in [5.74, 6) is 2.56. The van der Waals surface area contributed by atoms with E-state index in [4.69, 9.17) is 10.5 Å². The highest BCUT2D eigenvalue weighted by molar-refractivity contribution is 5.91. The molecule has 0 spiro atoms. The summed E-state index contributed by atoms with van der Waals surface area (Å²) in [5, 5.41) is 0.982. The molecule has 0 aliphatic rings. The van der Waals surface area contributed by atoms with E-state index in [9.17, 15) is 0 Å². The van der Waals surface area contributed by atoms with Crippen molar-refractivity contribution in [3.63, 3.8) is 0 Å². The number of anilines is 2. The minimum Gasteiger partial charge on any atom is -0.437 e. The zero-order chi connectivity index (χ0) is 20.4. The number of nitrogens with two attached hydrogens (primary N) is 1. The summed E-state index contributed by atoms with van der Waals surface area (Å²) >= 11 is 0. The second kappa shape index (κ2) is 7.55. The van der Waals surface area contributed by atoms with E-state index >= 15 is 0 Å². The smallest absolute Gasteiger partial charge is 0.237 e. The molecule has 0 saturated carbocycles. The zero-order valence-electron chi connectivity index (χ0n) is 16.2. The second-order valence-corrected chi connectivity index (χ2v) is 6.54. The lowest BCUT2D eigenvalue weighted by Gasteiger charge is -2.21. The SMILES string of the molecule is C=C(N)c1cnc(Oc2cccc(N(C)c3nc(C)nc4ccccc34)c2)cn1. The lowest BCUT2D eigenvalue weighted by Crippen LogP contribution is -2.13. The van der Waals surface area contributed by atoms with Crippen molar-refractivity contribution in [1.29, 1.82) is 0 Å². The fraction of sp³-hybridized carbons (Fsp3) is 0.0909. The lowest BCUT2D eigenvalue weighted by molar-refractivity contribution is 0.460. The first-order valence-electron chi connectivity index (χ1n) is 9.03. The van der Waals surface area contributed by atoms with Crippen LogP contribution >= 0.6 is 0 Å². The molecular weight excluding hydrogens is 364 g/mol. The Bertz CT molecular complexity index is 1190. The molecule has 0 saturated heterocycles. The topological polar surface area (TPSA) is 90.1 Å². The van der Waals surface area contributed by atoms with Crippen LogP contribution in [0.3, 0.4) is 0 Å². The molecule has 144 valence electrons. The van der Waals surface area contributed by atoms with Gasteiger partial charge < -0.3 is 15.4 Å². The molecule has 0 bridgehead atoms. The van der Waals surface area contributed by atoms with E-state index in [2.05, 4.69) is 26.5 Å². The second-order valence-electron chi connectivity index (χ2n) is 6.54. The van der Waals surface area contributed by atoms with Gasteiger partial charge in [0.25, 0.3) is 0 Å². The van der Waals surface area contributed by atoms with Gasteiger partial charge in [0, 0.05) is 24.2 Å². The Balaban J connectivity index is 1.64. The molecule has 4 aromatic rings. The van der Waals surface area contributed by atoms with Gasteiger partial charge in [0.05, 0.1) is 23.6 Å². The maximum atomic E-state index is 5.85. The van der Waals surface area contributed by atoms with Gasteiger partial charge in [0.2, 0.25) is 5.88 Å². The van der Waals surface area contributed by atoms with Crippen molar-refractivity contribution in [3.8, 4) is 11.6 Å². The number of para-hydroxylation sites is 1. The Kier molecular flexibility index (Phi) is 4.78. The monoisotopic (exact) mass is 384 g/mol. The van der Waals surface area contributed by atoms with Gasteiger partial charge in [-0.05, 0) is 31.2 Å². The Morgan fingerprint density at radius 1 is 1.03 bits per heavy atom. The van der Waals surface area contributed by atoms with E-state index in [1.54, 1.807) is 0 Å². The average Bonchev–Trinajstić information content (AvgIpc) is 2.73. The van der Waals surface area contributed by atoms with Crippen LogP contribution < -0.4 is 15.4 Å². The van der Waals surface area contributed by atoms with Crippen LogP contribution in [0.25, 0.3) is 16.6 Å². The quantitative estimate of drug-likeness (QED) is 0.551. The normalized spacial score (nSPS) is 10.7. The standard InChI is InChI=1S/C22H20N6O/c1-14(23)20-12-25-21(13-24-20)29-17-8-6-7-16(11-17)28(3)22-18-9-4-5-10-19(18)26-15(2)27-22/h4-13H,1,23H2,2-3H3. The third-order valence-electron chi connectivity index (χ3n) is 4.40. The van der Waals surface area contributed by atoms with Crippen LogP contribution in [0.5, 0.6) is 11.6 Å². The van der Waals surface area contributed by atoms with Crippen LogP contribution in [0.15, 0.2) is 67.5 Å². The summed E-state index contributed by atoms with van der Waals surface area (Å²) in [6.45, 7) is 5.54. The number of ether oxygens (including phenoxy) is 1. The maximum Gasteiger partial charge on any atom is 0.237 e. The molecule has 0 atom stereocenters. The largest absolute Gasteiger partial charge is 0.437 e. The van der Waals surface area contributed by atoms with Gasteiger partial charge in [-0.25, -0.2) is 19.9 Å². The first-order chi connectivity index (χ1) is 14.0. The molecule has 0 radical (unpaired) electrons. The first-order valence-corrected chi connectivity index (χ1v) is 9.03. The van der Waals surface area contributed by atoms with Gasteiger partial charge in [-0.15, -0.1) is 0 Å². The molecule has 4 rings (SSSR count). The summed E-state index contributed by atoms with van der Waals surface area (Å²) in [4.78, 5) is 19.6. The van der Waals surface area contributed by atoms with Gasteiger partial charge in [0.1, 0.15) is 23.1 Å². The molecule has 0 unspecified atom stereocenters. The highest BCUT2D eigenvalue weighted by atomic mass is 16.5. The van der Waals surface area contributed by atoms with Crippen LogP contribution in [0.4, 0.5) is 11.5 Å². The average molecular weight is 384 g/mol. The minimum absolute atomic E-state index is 0.361. The van der Waals surface area contributed by atoms with E-state index in [-0.39, 0.29) is 0 Å². The minimum atomic E-state index is 0.361. The number of hydrogen-bond acceptors (Lipinski definition) is 7. The summed E-state index contributed by atoms with van der Waals surface area (Å²) in [6, 6.07) is 15.6. The Hall–Kier alpha value is -4.00. The van der Waals surface area contributed by atoms with Crippen LogP contribution in [-0.2, 0) is 0 Å². The predicted octanol–water partition coefficient (Wildman–Crippen LogP) is 4.22. The molecule has 29 heavy (non-hydrogen) atoms. The van der Waals surface area contributed by atoms with E-state index in [1.807, 2.05) is 67.4 Å². The van der Waals surface area contributed by atoms with Gasteiger partial charge in [-0.1, -0.05) is 24.8 Å². The van der Waals surface area contributed by atoms with Gasteiger partial charge in [-0.3, -0.25) is 0 Å². The number of hydrogen-bond donors (Lipinski definition) is 1. The van der Waals surface area contributed by atoms with Crippen molar-refractivity contribution in [2.45, 2.75) is 6.92 Å². The number of aryl methyl sites for hydroxylation is 1. The third kappa shape index (κ3) is 3.84. The van der Waals surface area contributed by atoms with E-state index < -0.39 is 0 Å². The maximum absolute atomic E-state index is 5.85. The van der Waals surface area contributed by atoms with Crippen molar-refractivity contribution < 1.29 is 4.74 Å². The van der Waals surface area contributed by atoms with Crippen LogP contribution in [0.2, 0.25) is 0 Å². The molecule has 2 heterocycles. The van der Waals surface area contributed by atoms with Gasteiger partial charge in [-0.2, -0.15) is 0 Å². The molecule has 7 heteroatoms. The van der Waals surface area contributed by atoms with E-state index in [0.29, 0.717) is 23.0 Å². The predicted molar refractivity (Wildman–Crippen MR) is 114 cm³/mol. The van der Waals surface area contributed by atoms with Crippen molar-refractivity contribution in [2.24, 2.45) is 5.73 Å². The third-order valence-corrected chi connectivity index (χ3v) is 4.40. The molecule has 0 amide bonds. The van der Waals surface area contributed by atoms with Gasteiger partial charge >= 0.3 is 0 Å². The van der Waals surface area contributed by atoms with Crippen LogP contribution in [0.1, 0.15) is 11.5 Å². The number of aromatic nitrogens is 4. The van der Waals surface area contributed by atoms with Crippen molar-refractivity contribution in [2.75, 3.05) is 11.9 Å². The Morgan fingerprint density at radius 2 is 1.86 bits per heavy atom. The van der Waals surface area contributed by atoms with E-state index in [1.165, 1.54) is 12.4 Å². The molecule has 2 N–H and O–H groups in total. The molecule has 2 aromatic carbocycles. The number of benzene rings is 2. The summed E-state index contributed by atoms with van der Waals surface area (Å²) < 4.78 is 5.85. The molecule has 0 aliphatic heterocycles. The molecular formula is C22H20N6O. The van der Waals surface area contributed by atoms with Crippen LogP contribution in [0, 0.1) is 6.92 Å². The Morgan fingerprint density at radius 3 is 2.62 bits per heavy atom. The van der Waals surface area contributed by atoms with E-state index in [0.717, 1.165) is 28.2 Å². The highest BCUT2D eigenvalue weighted by Gasteiger charge is 2.13. The summed E-state index contributed by atoms with van der Waals surface area (Å²) in [7, 11) is 1.97. The summed E-state index contributed by atoms with van der Waals surface area (Å²) in [6.07, 6.45) is 3.05. The molecule has 0 aliphatic carbocycles. The first kappa shape index (κ1) is 18.4. The summed E-state index contributed by atoms with van der Waals surface area (Å²) in [5.41, 5.74) is 8.34. The lowest BCUT2D eigenvalue weighted by atomic mass is 10.2. The Labute approximate surface area is 168 Å². The highest BCUT2D eigenvalue weighted by Crippen LogP contribution is 2.31. The van der Waals surface area contributed by atoms with Crippen molar-refractivity contribution in [1.82, 2.24) is 19.9 Å². The molecule has 0 fully saturated rings. The zero-order valence-corrected chi connectivity index (χ0v) is 16.2. The number of nitrogens with zero attached hydrogens (tertiary/aromatic N) is 5. The fourth-order valence-corrected chi connectivity index (χ4v) is 2.96. The van der Waals surface area contributed by atoms with Crippen molar-refractivity contribution in [3.05, 3.63) is 79.0 Å². The number of rotatable bonds is 5. The van der Waals surface area contributed by atoms with Crippen LogP contribution in [-0.4, -0.2) is 27.0 Å². The fourth-order valence-electron chi connectivity index (χ4n) is 2.96. The molecule has 2 aromatic heterocycles. The van der Waals surface area contributed by atoms with Crippen molar-refractivity contribution >= 4 is 28.1 Å². The van der Waals surface area contributed by atoms with Gasteiger partial charge in [0.15, 0.2) is 0 Å².